The van der Waals surface area contributed by atoms with Gasteiger partial charge in [0.25, 0.3) is 17.4 Å². The fourth-order valence-corrected chi connectivity index (χ4v) is 3.16. The van der Waals surface area contributed by atoms with Crippen LogP contribution < -0.4 is 0 Å². The molecule has 1 unspecified atom stereocenters. The highest BCUT2D eigenvalue weighted by Crippen LogP contribution is 2.39. The summed E-state index contributed by atoms with van der Waals surface area (Å²) in [5.74, 6) is -1.97. The van der Waals surface area contributed by atoms with Gasteiger partial charge in [-0.15, -0.1) is 0 Å². The van der Waals surface area contributed by atoms with Gasteiger partial charge < -0.3 is 10.0 Å². The molecule has 1 aromatic heterocycles. The number of pyridine rings is 1. The molecule has 8 nitrogen and oxygen atoms in total. The number of non-ortho nitro benzene ring substituents is 1. The second kappa shape index (κ2) is 7.36. The maximum Gasteiger partial charge on any atom is 0.295 e. The fourth-order valence-electron chi connectivity index (χ4n) is 3.16. The van der Waals surface area contributed by atoms with Crippen molar-refractivity contribution in [3.63, 3.8) is 0 Å². The lowest BCUT2D eigenvalue weighted by Crippen LogP contribution is -2.30. The molecule has 138 valence electrons. The third-order valence-corrected chi connectivity index (χ3v) is 4.34. The minimum absolute atomic E-state index is 0.0954. The summed E-state index contributed by atoms with van der Waals surface area (Å²) >= 11 is 0. The molecule has 3 rings (SSSR count). The van der Waals surface area contributed by atoms with Crippen molar-refractivity contribution < 1.29 is 19.6 Å². The van der Waals surface area contributed by atoms with E-state index in [2.05, 4.69) is 4.98 Å². The highest BCUT2D eigenvalue weighted by molar-refractivity contribution is 6.46. The lowest BCUT2D eigenvalue weighted by molar-refractivity contribution is -0.384. The van der Waals surface area contributed by atoms with Crippen LogP contribution in [0.5, 0.6) is 0 Å². The van der Waals surface area contributed by atoms with Crippen LogP contribution >= 0.6 is 0 Å². The van der Waals surface area contributed by atoms with Crippen molar-refractivity contribution in [1.82, 2.24) is 9.88 Å². The van der Waals surface area contributed by atoms with Crippen molar-refractivity contribution in [2.24, 2.45) is 0 Å². The highest BCUT2D eigenvalue weighted by atomic mass is 16.6. The summed E-state index contributed by atoms with van der Waals surface area (Å²) in [6.45, 7) is 2.20. The van der Waals surface area contributed by atoms with Crippen molar-refractivity contribution in [2.75, 3.05) is 6.54 Å². The van der Waals surface area contributed by atoms with Gasteiger partial charge in [0.1, 0.15) is 5.76 Å². The van der Waals surface area contributed by atoms with Crippen LogP contribution in [0, 0.1) is 10.1 Å². The van der Waals surface area contributed by atoms with Crippen molar-refractivity contribution in [1.29, 1.82) is 0 Å². The lowest BCUT2D eigenvalue weighted by Gasteiger charge is -2.24. The fraction of sp³-hybridized carbons (Fsp3) is 0.211. The van der Waals surface area contributed by atoms with Gasteiger partial charge in [-0.05, 0) is 18.1 Å². The Labute approximate surface area is 154 Å². The summed E-state index contributed by atoms with van der Waals surface area (Å²) in [4.78, 5) is 41.0. The summed E-state index contributed by atoms with van der Waals surface area (Å²) in [7, 11) is 0. The zero-order chi connectivity index (χ0) is 19.6. The number of nitrogens with zero attached hydrogens (tertiary/aromatic N) is 3. The third-order valence-electron chi connectivity index (χ3n) is 4.34. The summed E-state index contributed by atoms with van der Waals surface area (Å²) in [6.07, 6.45) is 3.72. The second-order valence-corrected chi connectivity index (χ2v) is 6.09. The van der Waals surface area contributed by atoms with Crippen molar-refractivity contribution in [2.45, 2.75) is 19.4 Å². The van der Waals surface area contributed by atoms with Crippen LogP contribution in [0.15, 0.2) is 54.4 Å². The molecule has 2 heterocycles. The Hall–Kier alpha value is -3.55. The van der Waals surface area contributed by atoms with Crippen LogP contribution in [-0.4, -0.2) is 38.1 Å². The Bertz CT molecular complexity index is 939. The van der Waals surface area contributed by atoms with E-state index < -0.39 is 28.4 Å². The Morgan fingerprint density at radius 3 is 2.70 bits per heavy atom. The van der Waals surface area contributed by atoms with E-state index in [-0.39, 0.29) is 16.8 Å². The van der Waals surface area contributed by atoms with Crippen LogP contribution in [0.4, 0.5) is 5.69 Å². The lowest BCUT2D eigenvalue weighted by atomic mass is 9.96. The minimum atomic E-state index is -0.818. The zero-order valence-electron chi connectivity index (χ0n) is 14.5. The van der Waals surface area contributed by atoms with E-state index in [9.17, 15) is 24.8 Å². The first-order chi connectivity index (χ1) is 13.0. The molecule has 8 heteroatoms. The van der Waals surface area contributed by atoms with Gasteiger partial charge in [0.2, 0.25) is 0 Å². The van der Waals surface area contributed by atoms with Crippen LogP contribution in [0.2, 0.25) is 0 Å². The molecule has 1 saturated heterocycles. The number of Topliss-reactive ketones (excluding diaryl/α,β-unsaturated/α-hetero) is 1. The number of aliphatic hydroxyl groups is 1. The van der Waals surface area contributed by atoms with E-state index in [1.807, 2.05) is 6.92 Å². The number of nitro groups is 1. The topological polar surface area (TPSA) is 114 Å². The highest BCUT2D eigenvalue weighted by Gasteiger charge is 2.45. The number of nitro benzene ring substituents is 1. The number of benzene rings is 1. The number of hydrogen-bond acceptors (Lipinski definition) is 6. The predicted molar refractivity (Wildman–Crippen MR) is 96.6 cm³/mol. The molecule has 0 spiro atoms. The number of ketones is 1. The first-order valence-electron chi connectivity index (χ1n) is 8.38. The third kappa shape index (κ3) is 3.29. The molecular weight excluding hydrogens is 350 g/mol. The average molecular weight is 367 g/mol. The van der Waals surface area contributed by atoms with Gasteiger partial charge in [0, 0.05) is 36.6 Å². The smallest absolute Gasteiger partial charge is 0.295 e. The number of rotatable bonds is 5. The number of aromatic nitrogens is 1. The van der Waals surface area contributed by atoms with E-state index in [1.165, 1.54) is 35.4 Å². The molecule has 2 aromatic rings. The largest absolute Gasteiger partial charge is 0.507 e. The van der Waals surface area contributed by atoms with E-state index in [1.54, 1.807) is 18.3 Å². The molecule has 0 bridgehead atoms. The normalized spacial score (nSPS) is 18.7. The summed E-state index contributed by atoms with van der Waals surface area (Å²) < 4.78 is 0. The second-order valence-electron chi connectivity index (χ2n) is 6.09. The van der Waals surface area contributed by atoms with E-state index in [0.717, 1.165) is 0 Å². The zero-order valence-corrected chi connectivity index (χ0v) is 14.5. The van der Waals surface area contributed by atoms with Crippen molar-refractivity contribution in [3.8, 4) is 0 Å². The van der Waals surface area contributed by atoms with Gasteiger partial charge in [-0.3, -0.25) is 24.7 Å². The van der Waals surface area contributed by atoms with E-state index >= 15 is 0 Å². The minimum Gasteiger partial charge on any atom is -0.507 e. The van der Waals surface area contributed by atoms with Gasteiger partial charge in [-0.25, -0.2) is 0 Å². The number of amides is 1. The molecule has 1 fully saturated rings. The summed E-state index contributed by atoms with van der Waals surface area (Å²) in [6, 6.07) is 7.91. The molecule has 0 saturated carbocycles. The molecule has 1 aromatic carbocycles. The Kier molecular flexibility index (Phi) is 4.98. The molecular formula is C19H17N3O5. The van der Waals surface area contributed by atoms with Gasteiger partial charge in [0.15, 0.2) is 0 Å². The molecule has 1 aliphatic rings. The van der Waals surface area contributed by atoms with E-state index in [0.29, 0.717) is 18.5 Å². The monoisotopic (exact) mass is 367 g/mol. The van der Waals surface area contributed by atoms with Crippen LogP contribution in [-0.2, 0) is 9.59 Å². The molecule has 1 aliphatic heterocycles. The first-order valence-corrected chi connectivity index (χ1v) is 8.38. The standard InChI is InChI=1S/C19H17N3O5/c1-2-9-21-16(13-6-4-8-20-11-13)15(18(24)19(21)25)17(23)12-5-3-7-14(10-12)22(26)27/h3-8,10-11,16,23H,2,9H2,1H3/b17-15-. The molecule has 1 atom stereocenters. The molecule has 0 aliphatic carbocycles. The SMILES string of the molecule is CCCN1C(=O)C(=O)/C(=C(\O)c2cccc([N+](=O)[O-])c2)C1c1cccnc1. The summed E-state index contributed by atoms with van der Waals surface area (Å²) in [5, 5.41) is 21.8. The number of carbonyl (C=O) groups is 2. The van der Waals surface area contributed by atoms with Crippen LogP contribution in [0.1, 0.15) is 30.5 Å². The van der Waals surface area contributed by atoms with Gasteiger partial charge in [0.05, 0.1) is 16.5 Å². The number of hydrogen-bond donors (Lipinski definition) is 1. The van der Waals surface area contributed by atoms with Gasteiger partial charge in [-0.2, -0.15) is 0 Å². The summed E-state index contributed by atoms with van der Waals surface area (Å²) in [5.41, 5.74) is 0.367. The predicted octanol–water partition coefficient (Wildman–Crippen LogP) is 2.82. The molecule has 27 heavy (non-hydrogen) atoms. The molecule has 1 amide bonds. The first kappa shape index (κ1) is 18.2. The molecule has 1 N–H and O–H groups in total. The van der Waals surface area contributed by atoms with Crippen LogP contribution in [0.25, 0.3) is 5.76 Å². The maximum atomic E-state index is 12.6. The Balaban J connectivity index is 2.19. The quantitative estimate of drug-likeness (QED) is 0.286. The maximum absolute atomic E-state index is 12.6. The molecule has 0 radical (unpaired) electrons. The van der Waals surface area contributed by atoms with Gasteiger partial charge >= 0.3 is 0 Å². The van der Waals surface area contributed by atoms with Gasteiger partial charge in [-0.1, -0.05) is 25.1 Å². The Morgan fingerprint density at radius 1 is 1.30 bits per heavy atom. The number of aliphatic hydroxyl groups excluding tert-OH is 1. The van der Waals surface area contributed by atoms with Crippen molar-refractivity contribution >= 4 is 23.1 Å². The average Bonchev–Trinajstić information content (AvgIpc) is 2.93. The van der Waals surface area contributed by atoms with Crippen molar-refractivity contribution in [3.05, 3.63) is 75.6 Å². The van der Waals surface area contributed by atoms with Crippen LogP contribution in [0.3, 0.4) is 0 Å². The Morgan fingerprint density at radius 2 is 2.07 bits per heavy atom. The number of likely N-dealkylation sites (tertiary alicyclic amines) is 1. The van der Waals surface area contributed by atoms with E-state index in [4.69, 9.17) is 0 Å². The number of carbonyl (C=O) groups excluding carboxylic acids is 2.